The van der Waals surface area contributed by atoms with Crippen molar-refractivity contribution in [2.24, 2.45) is 0 Å². The number of rotatable bonds is 0. The molecule has 0 aromatic heterocycles. The fourth-order valence-electron chi connectivity index (χ4n) is 4.15. The molecule has 3 nitrogen and oxygen atoms in total. The van der Waals surface area contributed by atoms with E-state index in [0.29, 0.717) is 6.71 Å². The Morgan fingerprint density at radius 2 is 0.727 bits per heavy atom. The normalized spacial score (nSPS) is 14.5. The Bertz CT molecular complexity index is 792. The van der Waals surface area contributed by atoms with Gasteiger partial charge in [-0.15, -0.1) is 0 Å². The van der Waals surface area contributed by atoms with E-state index in [2.05, 4.69) is 70.5 Å². The smallest absolute Gasteiger partial charge is 0.257 e. The van der Waals surface area contributed by atoms with Crippen LogP contribution >= 0.6 is 0 Å². The summed E-state index contributed by atoms with van der Waals surface area (Å²) in [4.78, 5) is 0. The Balaban J connectivity index is 1.80. The van der Waals surface area contributed by atoms with E-state index in [0.717, 1.165) is 0 Å². The Kier molecular flexibility index (Phi) is 1.70. The number of anilines is 6. The van der Waals surface area contributed by atoms with Gasteiger partial charge in [-0.3, -0.25) is 0 Å². The monoisotopic (exact) mass is 281 g/mol. The van der Waals surface area contributed by atoms with Crippen molar-refractivity contribution in [2.45, 2.75) is 0 Å². The second-order valence-corrected chi connectivity index (χ2v) is 6.11. The molecule has 3 aliphatic rings. The molecule has 0 aliphatic carbocycles. The molecule has 0 fully saturated rings. The highest BCUT2D eigenvalue weighted by Crippen LogP contribution is 2.35. The first-order valence-corrected chi connectivity index (χ1v) is 7.60. The molecule has 4 heteroatoms. The number of benzene rings is 3. The van der Waals surface area contributed by atoms with Crippen molar-refractivity contribution in [3.8, 4) is 0 Å². The minimum atomic E-state index is 0.312. The molecule has 0 spiro atoms. The predicted molar refractivity (Wildman–Crippen MR) is 93.8 cm³/mol. The van der Waals surface area contributed by atoms with Crippen LogP contribution in [0.2, 0.25) is 0 Å². The second kappa shape index (κ2) is 3.47. The van der Waals surface area contributed by atoms with Crippen LogP contribution < -0.4 is 32.3 Å². The van der Waals surface area contributed by atoms with Gasteiger partial charge in [0, 0.05) is 34.1 Å². The molecule has 3 N–H and O–H groups in total. The molecule has 3 heterocycles. The van der Waals surface area contributed by atoms with Crippen LogP contribution in [0.3, 0.4) is 0 Å². The topological polar surface area (TPSA) is 36.1 Å². The van der Waals surface area contributed by atoms with Crippen molar-refractivity contribution in [1.29, 1.82) is 0 Å². The summed E-state index contributed by atoms with van der Waals surface area (Å²) in [5, 5.41) is 10.8. The molecule has 0 atom stereocenters. The predicted octanol–water partition coefficient (Wildman–Crippen LogP) is 2.37. The number of hydrogen-bond acceptors (Lipinski definition) is 3. The molecule has 0 amide bonds. The van der Waals surface area contributed by atoms with Crippen LogP contribution in [0, 0.1) is 0 Å². The first-order valence-electron chi connectivity index (χ1n) is 7.60. The molecule has 22 heavy (non-hydrogen) atoms. The average molecular weight is 281 g/mol. The highest BCUT2D eigenvalue weighted by atomic mass is 15.0. The summed E-state index contributed by atoms with van der Waals surface area (Å²) in [7, 11) is 0. The van der Waals surface area contributed by atoms with Crippen LogP contribution in [0.5, 0.6) is 0 Å². The SMILES string of the molecule is c1cc2c3c(c1)Nc1cccc4c1B3c1c(cccc1N4)N2. The minimum Gasteiger partial charge on any atom is -0.356 e. The van der Waals surface area contributed by atoms with Gasteiger partial charge in [-0.2, -0.15) is 0 Å². The van der Waals surface area contributed by atoms with Gasteiger partial charge in [0.05, 0.1) is 0 Å². The van der Waals surface area contributed by atoms with Gasteiger partial charge in [0.2, 0.25) is 0 Å². The maximum Gasteiger partial charge on any atom is 0.257 e. The van der Waals surface area contributed by atoms with E-state index in [4.69, 9.17) is 0 Å². The highest BCUT2D eigenvalue weighted by Gasteiger charge is 2.42. The molecular formula is C18H12BN3. The zero-order chi connectivity index (χ0) is 14.3. The second-order valence-electron chi connectivity index (χ2n) is 6.11. The summed E-state index contributed by atoms with van der Waals surface area (Å²) in [5.74, 6) is 0. The lowest BCUT2D eigenvalue weighted by Crippen LogP contribution is -2.61. The fourth-order valence-corrected chi connectivity index (χ4v) is 4.15. The third-order valence-electron chi connectivity index (χ3n) is 4.99. The summed E-state index contributed by atoms with van der Waals surface area (Å²) in [6.07, 6.45) is 0. The quantitative estimate of drug-likeness (QED) is 0.374. The van der Waals surface area contributed by atoms with E-state index < -0.39 is 0 Å². The van der Waals surface area contributed by atoms with Gasteiger partial charge in [-0.1, -0.05) is 18.2 Å². The maximum atomic E-state index is 3.60. The van der Waals surface area contributed by atoms with Crippen molar-refractivity contribution >= 4 is 57.2 Å². The zero-order valence-corrected chi connectivity index (χ0v) is 11.8. The van der Waals surface area contributed by atoms with Gasteiger partial charge in [-0.05, 0) is 52.8 Å². The first-order chi connectivity index (χ1) is 10.9. The maximum absolute atomic E-state index is 3.60. The summed E-state index contributed by atoms with van der Waals surface area (Å²) >= 11 is 0. The summed E-state index contributed by atoms with van der Waals surface area (Å²) in [5.41, 5.74) is 11.4. The van der Waals surface area contributed by atoms with Crippen molar-refractivity contribution in [1.82, 2.24) is 0 Å². The molecule has 0 unspecified atom stereocenters. The molecule has 3 aromatic carbocycles. The van der Waals surface area contributed by atoms with Crippen LogP contribution in [0.15, 0.2) is 54.6 Å². The fraction of sp³-hybridized carbons (Fsp3) is 0. The van der Waals surface area contributed by atoms with Gasteiger partial charge in [0.25, 0.3) is 6.71 Å². The average Bonchev–Trinajstić information content (AvgIpc) is 2.55. The largest absolute Gasteiger partial charge is 0.356 e. The van der Waals surface area contributed by atoms with Crippen molar-refractivity contribution in [3.05, 3.63) is 54.6 Å². The van der Waals surface area contributed by atoms with E-state index in [1.54, 1.807) is 0 Å². The van der Waals surface area contributed by atoms with E-state index >= 15 is 0 Å². The Hall–Kier alpha value is -2.88. The van der Waals surface area contributed by atoms with Crippen LogP contribution in [-0.2, 0) is 0 Å². The summed E-state index contributed by atoms with van der Waals surface area (Å²) < 4.78 is 0. The summed E-state index contributed by atoms with van der Waals surface area (Å²) in [6, 6.07) is 19.4. The molecule has 6 rings (SSSR count). The molecule has 3 aromatic rings. The van der Waals surface area contributed by atoms with Crippen molar-refractivity contribution in [3.63, 3.8) is 0 Å². The Labute approximate surface area is 128 Å². The third-order valence-corrected chi connectivity index (χ3v) is 4.99. The Morgan fingerprint density at radius 1 is 0.455 bits per heavy atom. The molecule has 0 radical (unpaired) electrons. The van der Waals surface area contributed by atoms with Gasteiger partial charge < -0.3 is 16.0 Å². The summed E-state index contributed by atoms with van der Waals surface area (Å²) in [6.45, 7) is 0.312. The Morgan fingerprint density at radius 3 is 1.00 bits per heavy atom. The minimum absolute atomic E-state index is 0.312. The lowest BCUT2D eigenvalue weighted by atomic mass is 9.32. The van der Waals surface area contributed by atoms with E-state index in [9.17, 15) is 0 Å². The lowest BCUT2D eigenvalue weighted by Gasteiger charge is -2.39. The highest BCUT2D eigenvalue weighted by molar-refractivity contribution is 7.02. The molecule has 3 aliphatic heterocycles. The van der Waals surface area contributed by atoms with E-state index in [1.165, 1.54) is 50.5 Å². The third kappa shape index (κ3) is 1.12. The van der Waals surface area contributed by atoms with Crippen LogP contribution in [0.4, 0.5) is 34.1 Å². The molecule has 0 saturated heterocycles. The number of hydrogen-bond donors (Lipinski definition) is 3. The van der Waals surface area contributed by atoms with Crippen molar-refractivity contribution in [2.75, 3.05) is 16.0 Å². The van der Waals surface area contributed by atoms with Crippen LogP contribution in [-0.4, -0.2) is 6.71 Å². The van der Waals surface area contributed by atoms with Gasteiger partial charge in [0.1, 0.15) is 0 Å². The molecule has 102 valence electrons. The van der Waals surface area contributed by atoms with E-state index in [1.807, 2.05) is 0 Å². The van der Waals surface area contributed by atoms with Gasteiger partial charge in [-0.25, -0.2) is 0 Å². The molecule has 0 saturated carbocycles. The zero-order valence-electron chi connectivity index (χ0n) is 11.8. The molecular weight excluding hydrogens is 269 g/mol. The first kappa shape index (κ1) is 10.8. The van der Waals surface area contributed by atoms with E-state index in [-0.39, 0.29) is 0 Å². The van der Waals surface area contributed by atoms with Crippen LogP contribution in [0.25, 0.3) is 0 Å². The van der Waals surface area contributed by atoms with Gasteiger partial charge >= 0.3 is 0 Å². The van der Waals surface area contributed by atoms with Crippen LogP contribution in [0.1, 0.15) is 0 Å². The standard InChI is InChI=1S/C18H12BN3/c1-4-10-16-11(5-1)21-13-7-3-9-15-18(13)19(16)17-12(20-10)6-2-8-14(17)22-15/h1-9,20-22H. The lowest BCUT2D eigenvalue weighted by molar-refractivity contribution is 1.47. The van der Waals surface area contributed by atoms with Gasteiger partial charge in [0.15, 0.2) is 0 Å². The number of nitrogens with one attached hydrogen (secondary N) is 3. The van der Waals surface area contributed by atoms with Crippen molar-refractivity contribution < 1.29 is 0 Å². The molecule has 0 bridgehead atoms.